The normalized spacial score (nSPS) is 12.4. The first-order chi connectivity index (χ1) is 7.77. The molecule has 1 atom stereocenters. The summed E-state index contributed by atoms with van der Waals surface area (Å²) in [6.07, 6.45) is 4.10. The predicted octanol–water partition coefficient (Wildman–Crippen LogP) is 1.89. The van der Waals surface area contributed by atoms with Crippen LogP contribution in [0.5, 0.6) is 0 Å². The van der Waals surface area contributed by atoms with E-state index in [1.165, 1.54) is 12.3 Å². The topological polar surface area (TPSA) is 46.0 Å². The minimum atomic E-state index is -0.891. The van der Waals surface area contributed by atoms with Crippen LogP contribution in [0.15, 0.2) is 42.9 Å². The van der Waals surface area contributed by atoms with Crippen molar-refractivity contribution in [2.45, 2.75) is 12.5 Å². The number of aliphatic hydroxyl groups excluding tert-OH is 1. The third-order valence-electron chi connectivity index (χ3n) is 2.30. The number of rotatable bonds is 3. The molecule has 0 spiro atoms. The average Bonchev–Trinajstić information content (AvgIpc) is 2.31. The zero-order chi connectivity index (χ0) is 11.4. The van der Waals surface area contributed by atoms with Gasteiger partial charge in [-0.2, -0.15) is 4.39 Å². The van der Waals surface area contributed by atoms with E-state index >= 15 is 0 Å². The van der Waals surface area contributed by atoms with Crippen molar-refractivity contribution in [3.63, 3.8) is 0 Å². The second kappa shape index (κ2) is 4.81. The molecule has 0 saturated heterocycles. The molecule has 0 bridgehead atoms. The van der Waals surface area contributed by atoms with E-state index < -0.39 is 12.1 Å². The number of hydrogen-bond acceptors (Lipinski definition) is 3. The highest BCUT2D eigenvalue weighted by molar-refractivity contribution is 5.18. The highest BCUT2D eigenvalue weighted by Gasteiger charge is 2.13. The molecular formula is C12H11FN2O. The molecule has 2 rings (SSSR count). The van der Waals surface area contributed by atoms with E-state index in [0.717, 1.165) is 5.56 Å². The monoisotopic (exact) mass is 218 g/mol. The molecule has 2 aromatic heterocycles. The van der Waals surface area contributed by atoms with E-state index in [1.54, 1.807) is 24.5 Å². The van der Waals surface area contributed by atoms with Gasteiger partial charge in [-0.15, -0.1) is 0 Å². The first-order valence-corrected chi connectivity index (χ1v) is 4.95. The Morgan fingerprint density at radius 3 is 2.75 bits per heavy atom. The molecule has 0 radical (unpaired) electrons. The first kappa shape index (κ1) is 10.7. The van der Waals surface area contributed by atoms with E-state index in [0.29, 0.717) is 6.42 Å². The summed E-state index contributed by atoms with van der Waals surface area (Å²) in [7, 11) is 0. The van der Waals surface area contributed by atoms with E-state index in [-0.39, 0.29) is 5.56 Å². The van der Waals surface area contributed by atoms with Crippen LogP contribution in [-0.4, -0.2) is 15.1 Å². The summed E-state index contributed by atoms with van der Waals surface area (Å²) >= 11 is 0. The Bertz CT molecular complexity index is 462. The van der Waals surface area contributed by atoms with Crippen LogP contribution in [0.4, 0.5) is 4.39 Å². The molecule has 0 saturated carbocycles. The van der Waals surface area contributed by atoms with Gasteiger partial charge in [-0.05, 0) is 17.7 Å². The summed E-state index contributed by atoms with van der Waals surface area (Å²) in [6.45, 7) is 0. The molecule has 1 unspecified atom stereocenters. The fourth-order valence-corrected chi connectivity index (χ4v) is 1.50. The number of halogens is 1. The van der Waals surface area contributed by atoms with Crippen molar-refractivity contribution in [2.75, 3.05) is 0 Å². The molecule has 2 heterocycles. The summed E-state index contributed by atoms with van der Waals surface area (Å²) < 4.78 is 13.3. The summed E-state index contributed by atoms with van der Waals surface area (Å²) in [6, 6.07) is 6.75. The van der Waals surface area contributed by atoms with Crippen LogP contribution in [0.1, 0.15) is 17.2 Å². The van der Waals surface area contributed by atoms with Crippen LogP contribution in [-0.2, 0) is 6.42 Å². The van der Waals surface area contributed by atoms with E-state index in [9.17, 15) is 9.50 Å². The van der Waals surface area contributed by atoms with Crippen molar-refractivity contribution >= 4 is 0 Å². The van der Waals surface area contributed by atoms with Gasteiger partial charge in [0, 0.05) is 30.6 Å². The molecule has 0 aromatic carbocycles. The lowest BCUT2D eigenvalue weighted by Gasteiger charge is -2.10. The van der Waals surface area contributed by atoms with Gasteiger partial charge < -0.3 is 5.11 Å². The molecule has 16 heavy (non-hydrogen) atoms. The van der Waals surface area contributed by atoms with Crippen molar-refractivity contribution < 1.29 is 9.50 Å². The minimum Gasteiger partial charge on any atom is -0.388 e. The molecule has 0 aliphatic rings. The Morgan fingerprint density at radius 1 is 1.25 bits per heavy atom. The molecule has 0 fully saturated rings. The largest absolute Gasteiger partial charge is 0.388 e. The lowest BCUT2D eigenvalue weighted by Crippen LogP contribution is -2.05. The van der Waals surface area contributed by atoms with E-state index in [4.69, 9.17) is 0 Å². The van der Waals surface area contributed by atoms with Gasteiger partial charge in [0.15, 0.2) is 0 Å². The van der Waals surface area contributed by atoms with Crippen molar-refractivity contribution in [1.29, 1.82) is 0 Å². The number of aromatic nitrogens is 2. The average molecular weight is 218 g/mol. The lowest BCUT2D eigenvalue weighted by atomic mass is 10.0. The summed E-state index contributed by atoms with van der Waals surface area (Å²) in [4.78, 5) is 7.43. The van der Waals surface area contributed by atoms with Crippen molar-refractivity contribution in [3.8, 4) is 0 Å². The maximum atomic E-state index is 13.3. The van der Waals surface area contributed by atoms with Crippen LogP contribution in [0.25, 0.3) is 0 Å². The Kier molecular flexibility index (Phi) is 3.22. The lowest BCUT2D eigenvalue weighted by molar-refractivity contribution is 0.172. The molecule has 0 aliphatic carbocycles. The van der Waals surface area contributed by atoms with Gasteiger partial charge in [0.1, 0.15) is 0 Å². The predicted molar refractivity (Wildman–Crippen MR) is 57.1 cm³/mol. The van der Waals surface area contributed by atoms with Crippen molar-refractivity contribution in [2.24, 2.45) is 0 Å². The fourth-order valence-electron chi connectivity index (χ4n) is 1.50. The van der Waals surface area contributed by atoms with Gasteiger partial charge in [-0.3, -0.25) is 4.98 Å². The Balaban J connectivity index is 2.15. The molecule has 0 aliphatic heterocycles. The van der Waals surface area contributed by atoms with Crippen LogP contribution in [0, 0.1) is 5.95 Å². The number of hydrogen-bond donors (Lipinski definition) is 1. The van der Waals surface area contributed by atoms with Crippen molar-refractivity contribution in [3.05, 3.63) is 59.9 Å². The highest BCUT2D eigenvalue weighted by Crippen LogP contribution is 2.19. The zero-order valence-electron chi connectivity index (χ0n) is 8.55. The van der Waals surface area contributed by atoms with Gasteiger partial charge in [0.2, 0.25) is 5.95 Å². The van der Waals surface area contributed by atoms with E-state index in [1.807, 2.05) is 6.07 Å². The number of nitrogens with zero attached hydrogens (tertiary/aromatic N) is 2. The molecule has 4 heteroatoms. The van der Waals surface area contributed by atoms with E-state index in [2.05, 4.69) is 9.97 Å². The van der Waals surface area contributed by atoms with Gasteiger partial charge in [0.05, 0.1) is 6.10 Å². The number of aliphatic hydroxyl groups is 1. The molecule has 3 nitrogen and oxygen atoms in total. The SMILES string of the molecule is OC(Cc1cccnc1)c1cccnc1F. The molecule has 0 amide bonds. The third-order valence-corrected chi connectivity index (χ3v) is 2.30. The van der Waals surface area contributed by atoms with Gasteiger partial charge in [-0.1, -0.05) is 12.1 Å². The van der Waals surface area contributed by atoms with Gasteiger partial charge in [0.25, 0.3) is 0 Å². The maximum absolute atomic E-state index is 13.3. The Hall–Kier alpha value is -1.81. The summed E-state index contributed by atoms with van der Waals surface area (Å²) in [5, 5.41) is 9.85. The Morgan fingerprint density at radius 2 is 2.06 bits per heavy atom. The van der Waals surface area contributed by atoms with Crippen LogP contribution in [0.2, 0.25) is 0 Å². The van der Waals surface area contributed by atoms with Gasteiger partial charge >= 0.3 is 0 Å². The standard InChI is InChI=1S/C12H11FN2O/c13-12-10(4-2-6-15-12)11(16)7-9-3-1-5-14-8-9/h1-6,8,11,16H,7H2. The second-order valence-corrected chi connectivity index (χ2v) is 3.46. The first-order valence-electron chi connectivity index (χ1n) is 4.95. The van der Waals surface area contributed by atoms with Crippen LogP contribution >= 0.6 is 0 Å². The zero-order valence-corrected chi connectivity index (χ0v) is 8.55. The second-order valence-electron chi connectivity index (χ2n) is 3.46. The Labute approximate surface area is 92.6 Å². The molecule has 82 valence electrons. The van der Waals surface area contributed by atoms with Crippen LogP contribution in [0.3, 0.4) is 0 Å². The van der Waals surface area contributed by atoms with Gasteiger partial charge in [-0.25, -0.2) is 4.98 Å². The molecule has 1 N–H and O–H groups in total. The third kappa shape index (κ3) is 2.41. The highest BCUT2D eigenvalue weighted by atomic mass is 19.1. The molecule has 2 aromatic rings. The van der Waals surface area contributed by atoms with Crippen molar-refractivity contribution in [1.82, 2.24) is 9.97 Å². The summed E-state index contributed by atoms with van der Waals surface area (Å²) in [5.74, 6) is -0.626. The fraction of sp³-hybridized carbons (Fsp3) is 0.167. The quantitative estimate of drug-likeness (QED) is 0.800. The minimum absolute atomic E-state index is 0.214. The smallest absolute Gasteiger partial charge is 0.218 e. The van der Waals surface area contributed by atoms with Crippen LogP contribution < -0.4 is 0 Å². The maximum Gasteiger partial charge on any atom is 0.218 e. The number of pyridine rings is 2. The summed E-state index contributed by atoms with van der Waals surface area (Å²) in [5.41, 5.74) is 1.07. The molecular weight excluding hydrogens is 207 g/mol.